The summed E-state index contributed by atoms with van der Waals surface area (Å²) in [6, 6.07) is 5.63. The summed E-state index contributed by atoms with van der Waals surface area (Å²) in [6.45, 7) is 3.03. The summed E-state index contributed by atoms with van der Waals surface area (Å²) >= 11 is 0. The maximum Gasteiger partial charge on any atom is 0.573 e. The number of alkyl halides is 3. The third kappa shape index (κ3) is 4.10. The molecule has 1 aliphatic heterocycles. The Labute approximate surface area is 120 Å². The number of hydrogen-bond donors (Lipinski definition) is 1. The minimum absolute atomic E-state index is 0.0470. The number of carboxylic acid groups (broad SMARTS) is 1. The fourth-order valence-electron chi connectivity index (χ4n) is 2.50. The van der Waals surface area contributed by atoms with Gasteiger partial charge in [-0.15, -0.1) is 13.2 Å². The topological polar surface area (TPSA) is 49.8 Å². The van der Waals surface area contributed by atoms with Crippen LogP contribution in [0.25, 0.3) is 0 Å². The molecule has 1 N–H and O–H groups in total. The van der Waals surface area contributed by atoms with Gasteiger partial charge < -0.3 is 9.84 Å². The highest BCUT2D eigenvalue weighted by atomic mass is 19.4. The van der Waals surface area contributed by atoms with Crippen molar-refractivity contribution >= 4 is 5.97 Å². The van der Waals surface area contributed by atoms with Crippen molar-refractivity contribution in [3.05, 3.63) is 29.8 Å². The zero-order chi connectivity index (χ0) is 15.6. The normalized spacial score (nSPS) is 21.2. The molecule has 0 amide bonds. The quantitative estimate of drug-likeness (QED) is 0.929. The van der Waals surface area contributed by atoms with Crippen LogP contribution in [0.3, 0.4) is 0 Å². The van der Waals surface area contributed by atoms with Crippen molar-refractivity contribution in [2.45, 2.75) is 25.7 Å². The number of ether oxygens (including phenoxy) is 1. The molecule has 0 radical (unpaired) electrons. The van der Waals surface area contributed by atoms with Gasteiger partial charge in [-0.2, -0.15) is 0 Å². The van der Waals surface area contributed by atoms with E-state index in [1.165, 1.54) is 12.1 Å². The van der Waals surface area contributed by atoms with Crippen LogP contribution in [0, 0.1) is 5.92 Å². The van der Waals surface area contributed by atoms with Crippen LogP contribution in [-0.4, -0.2) is 35.4 Å². The van der Waals surface area contributed by atoms with Crippen LogP contribution in [-0.2, 0) is 4.79 Å². The number of nitrogens with zero attached hydrogens (tertiary/aromatic N) is 1. The lowest BCUT2D eigenvalue weighted by Gasteiger charge is -2.24. The highest BCUT2D eigenvalue weighted by Crippen LogP contribution is 2.29. The Morgan fingerprint density at radius 2 is 2.00 bits per heavy atom. The number of hydrogen-bond acceptors (Lipinski definition) is 3. The van der Waals surface area contributed by atoms with Crippen molar-refractivity contribution in [2.75, 3.05) is 13.1 Å². The van der Waals surface area contributed by atoms with E-state index in [0.29, 0.717) is 19.5 Å². The first kappa shape index (κ1) is 15.6. The first-order valence-electron chi connectivity index (χ1n) is 6.59. The first-order chi connectivity index (χ1) is 9.76. The summed E-state index contributed by atoms with van der Waals surface area (Å²) in [5, 5.41) is 8.98. The fraction of sp³-hybridized carbons (Fsp3) is 0.500. The molecule has 0 unspecified atom stereocenters. The average Bonchev–Trinajstić information content (AvgIpc) is 2.86. The number of carboxylic acids is 1. The molecule has 0 aliphatic carbocycles. The Hall–Kier alpha value is -1.76. The van der Waals surface area contributed by atoms with Gasteiger partial charge in [0.2, 0.25) is 0 Å². The minimum Gasteiger partial charge on any atom is -0.481 e. The predicted octanol–water partition coefficient (Wildman–Crippen LogP) is 3.05. The number of likely N-dealkylation sites (tertiary alicyclic amines) is 1. The van der Waals surface area contributed by atoms with Gasteiger partial charge in [-0.1, -0.05) is 12.1 Å². The van der Waals surface area contributed by atoms with E-state index in [0.717, 1.165) is 5.56 Å². The molecule has 1 heterocycles. The van der Waals surface area contributed by atoms with E-state index >= 15 is 0 Å². The van der Waals surface area contributed by atoms with Gasteiger partial charge in [0.15, 0.2) is 0 Å². The number of rotatable bonds is 4. The molecule has 0 spiro atoms. The monoisotopic (exact) mass is 303 g/mol. The second-order valence-corrected chi connectivity index (χ2v) is 5.11. The number of carbonyl (C=O) groups is 1. The lowest BCUT2D eigenvalue weighted by molar-refractivity contribution is -0.274. The SMILES string of the molecule is C[C@H](c1ccc(OC(F)(F)F)cc1)N1CC[C@H](C(=O)O)C1. The van der Waals surface area contributed by atoms with Crippen LogP contribution in [0.4, 0.5) is 13.2 Å². The summed E-state index contributed by atoms with van der Waals surface area (Å²) in [5.41, 5.74) is 0.829. The molecule has 0 bridgehead atoms. The van der Waals surface area contributed by atoms with E-state index in [4.69, 9.17) is 5.11 Å². The predicted molar refractivity (Wildman–Crippen MR) is 68.9 cm³/mol. The van der Waals surface area contributed by atoms with E-state index in [-0.39, 0.29) is 17.7 Å². The van der Waals surface area contributed by atoms with E-state index in [2.05, 4.69) is 4.74 Å². The summed E-state index contributed by atoms with van der Waals surface area (Å²) in [6.07, 6.45) is -4.11. The molecule has 0 saturated carbocycles. The molecule has 0 aromatic heterocycles. The van der Waals surface area contributed by atoms with Crippen LogP contribution in [0.2, 0.25) is 0 Å². The zero-order valence-corrected chi connectivity index (χ0v) is 11.4. The second kappa shape index (κ2) is 5.93. The van der Waals surface area contributed by atoms with Crippen molar-refractivity contribution < 1.29 is 27.8 Å². The lowest BCUT2D eigenvalue weighted by atomic mass is 10.1. The molecule has 21 heavy (non-hydrogen) atoms. The second-order valence-electron chi connectivity index (χ2n) is 5.11. The molecule has 1 fully saturated rings. The zero-order valence-electron chi connectivity index (χ0n) is 11.4. The molecule has 1 saturated heterocycles. The molecular weight excluding hydrogens is 287 g/mol. The summed E-state index contributed by atoms with van der Waals surface area (Å²) in [5.74, 6) is -1.44. The molecule has 4 nitrogen and oxygen atoms in total. The van der Waals surface area contributed by atoms with Crippen LogP contribution in [0.5, 0.6) is 5.75 Å². The van der Waals surface area contributed by atoms with Crippen molar-refractivity contribution in [3.8, 4) is 5.75 Å². The Kier molecular flexibility index (Phi) is 4.41. The molecule has 1 aromatic rings. The molecule has 2 atom stereocenters. The molecule has 1 aliphatic rings. The van der Waals surface area contributed by atoms with Gasteiger partial charge in [0, 0.05) is 12.6 Å². The van der Waals surface area contributed by atoms with Crippen molar-refractivity contribution in [1.82, 2.24) is 4.90 Å². The Morgan fingerprint density at radius 3 is 2.48 bits per heavy atom. The fourth-order valence-corrected chi connectivity index (χ4v) is 2.50. The van der Waals surface area contributed by atoms with Gasteiger partial charge in [-0.05, 0) is 37.6 Å². The Morgan fingerprint density at radius 1 is 1.38 bits per heavy atom. The van der Waals surface area contributed by atoms with Crippen molar-refractivity contribution in [2.24, 2.45) is 5.92 Å². The lowest BCUT2D eigenvalue weighted by Crippen LogP contribution is -2.26. The van der Waals surface area contributed by atoms with Crippen molar-refractivity contribution in [1.29, 1.82) is 0 Å². The standard InChI is InChI=1S/C14H16F3NO3/c1-9(18-7-6-11(8-18)13(19)20)10-2-4-12(5-3-10)21-14(15,16)17/h2-5,9,11H,6-8H2,1H3,(H,19,20)/t9-,11+/m1/s1. The first-order valence-corrected chi connectivity index (χ1v) is 6.59. The Bertz CT molecular complexity index is 501. The highest BCUT2D eigenvalue weighted by molar-refractivity contribution is 5.70. The van der Waals surface area contributed by atoms with E-state index in [1.807, 2.05) is 11.8 Å². The summed E-state index contributed by atoms with van der Waals surface area (Å²) < 4.78 is 40.1. The Balaban J connectivity index is 2.00. The van der Waals surface area contributed by atoms with Gasteiger partial charge in [-0.3, -0.25) is 9.69 Å². The average molecular weight is 303 g/mol. The maximum absolute atomic E-state index is 12.1. The molecule has 7 heteroatoms. The van der Waals surface area contributed by atoms with Crippen molar-refractivity contribution in [3.63, 3.8) is 0 Å². The summed E-state index contributed by atoms with van der Waals surface area (Å²) in [7, 11) is 0. The number of halogens is 3. The molecule has 1 aromatic carbocycles. The van der Waals surface area contributed by atoms with E-state index in [9.17, 15) is 18.0 Å². The van der Waals surface area contributed by atoms with Crippen LogP contribution in [0.1, 0.15) is 24.9 Å². The third-order valence-electron chi connectivity index (χ3n) is 3.71. The van der Waals surface area contributed by atoms with Gasteiger partial charge >= 0.3 is 12.3 Å². The molecule has 2 rings (SSSR count). The molecular formula is C14H16F3NO3. The van der Waals surface area contributed by atoms with Gasteiger partial charge in [-0.25, -0.2) is 0 Å². The molecule has 116 valence electrons. The highest BCUT2D eigenvalue weighted by Gasteiger charge is 2.32. The summed E-state index contributed by atoms with van der Waals surface area (Å²) in [4.78, 5) is 12.9. The van der Waals surface area contributed by atoms with Gasteiger partial charge in [0.25, 0.3) is 0 Å². The van der Waals surface area contributed by atoms with Crippen LogP contribution < -0.4 is 4.74 Å². The van der Waals surface area contributed by atoms with Crippen LogP contribution in [0.15, 0.2) is 24.3 Å². The van der Waals surface area contributed by atoms with Crippen LogP contribution >= 0.6 is 0 Å². The van der Waals surface area contributed by atoms with Gasteiger partial charge in [0.05, 0.1) is 5.92 Å². The minimum atomic E-state index is -4.70. The largest absolute Gasteiger partial charge is 0.573 e. The smallest absolute Gasteiger partial charge is 0.481 e. The maximum atomic E-state index is 12.1. The van der Waals surface area contributed by atoms with E-state index in [1.54, 1.807) is 12.1 Å². The number of aliphatic carboxylic acids is 1. The number of benzene rings is 1. The van der Waals surface area contributed by atoms with Gasteiger partial charge in [0.1, 0.15) is 5.75 Å². The third-order valence-corrected chi connectivity index (χ3v) is 3.71. The van der Waals surface area contributed by atoms with E-state index < -0.39 is 12.3 Å².